The first-order chi connectivity index (χ1) is 37.3. The zero-order valence-corrected chi connectivity index (χ0v) is 45.1. The molecule has 2 aliphatic rings. The minimum Gasteiger partial charge on any atom is -0.271 e. The van der Waals surface area contributed by atoms with E-state index < -0.39 is 0 Å². The first-order valence-electron chi connectivity index (χ1n) is 29.5. The first-order valence-corrected chi connectivity index (χ1v) is 29.5. The van der Waals surface area contributed by atoms with Crippen molar-refractivity contribution in [3.8, 4) is 0 Å². The molecule has 0 bridgehead atoms. The van der Waals surface area contributed by atoms with E-state index in [1.807, 2.05) is 24.3 Å². The highest BCUT2D eigenvalue weighted by Gasteiger charge is 2.40. The summed E-state index contributed by atoms with van der Waals surface area (Å²) in [6, 6.07) is 34.7. The number of unbranched alkanes of at least 4 members (excludes halogenated alkanes) is 12. The van der Waals surface area contributed by atoms with Gasteiger partial charge in [0.05, 0.1) is 0 Å². The molecule has 2 heterocycles. The summed E-state index contributed by atoms with van der Waals surface area (Å²) < 4.78 is 0. The average molecular weight is 1000 g/mol. The molecule has 0 fully saturated rings. The topological polar surface area (TPSA) is 74.8 Å². The molecule has 11 aromatic carbocycles. The van der Waals surface area contributed by atoms with E-state index >= 15 is 0 Å². The van der Waals surface area contributed by atoms with Crippen LogP contribution >= 0.6 is 0 Å². The number of nitrogens with zero attached hydrogens (tertiary/aromatic N) is 2. The molecule has 0 unspecified atom stereocenters. The van der Waals surface area contributed by atoms with E-state index in [-0.39, 0.29) is 35.7 Å². The molecule has 6 heteroatoms. The van der Waals surface area contributed by atoms with Crippen LogP contribution in [0, 0.1) is 0 Å². The molecule has 2 aliphatic heterocycles. The number of carbonyl (C=O) groups excluding carboxylic acids is 4. The Morgan fingerprint density at radius 2 is 0.434 bits per heavy atom. The van der Waals surface area contributed by atoms with Gasteiger partial charge in [0.2, 0.25) is 0 Å². The van der Waals surface area contributed by atoms with Crippen molar-refractivity contribution in [2.45, 2.75) is 168 Å². The summed E-state index contributed by atoms with van der Waals surface area (Å²) in [5, 5.41) is 22.0. The number of benzene rings is 11. The quantitative estimate of drug-likeness (QED) is 0.0293. The Hall–Kier alpha value is -6.92. The Morgan fingerprint density at radius 3 is 0.632 bits per heavy atom. The van der Waals surface area contributed by atoms with Crippen LogP contribution in [0.2, 0.25) is 0 Å². The fourth-order valence-corrected chi connectivity index (χ4v) is 14.8. The van der Waals surface area contributed by atoms with Crippen molar-refractivity contribution in [2.75, 3.05) is 0 Å². The lowest BCUT2D eigenvalue weighted by Gasteiger charge is -2.35. The Kier molecular flexibility index (Phi) is 12.5. The van der Waals surface area contributed by atoms with Crippen LogP contribution in [-0.4, -0.2) is 45.5 Å². The van der Waals surface area contributed by atoms with Crippen LogP contribution < -0.4 is 0 Å². The van der Waals surface area contributed by atoms with E-state index in [1.54, 1.807) is 9.80 Å². The van der Waals surface area contributed by atoms with Gasteiger partial charge in [-0.15, -0.1) is 0 Å². The molecule has 0 aliphatic carbocycles. The molecule has 13 rings (SSSR count). The van der Waals surface area contributed by atoms with Crippen LogP contribution in [0.15, 0.2) is 97.1 Å². The summed E-state index contributed by atoms with van der Waals surface area (Å²) in [5.74, 6) is -0.587. The Balaban J connectivity index is 0.938. The normalized spacial score (nSPS) is 14.3. The lowest BCUT2D eigenvalue weighted by Crippen LogP contribution is -2.47. The largest absolute Gasteiger partial charge is 0.271 e. The fourth-order valence-electron chi connectivity index (χ4n) is 14.8. The summed E-state index contributed by atoms with van der Waals surface area (Å²) in [6.45, 7) is 8.88. The van der Waals surface area contributed by atoms with Crippen LogP contribution in [-0.2, 0) is 0 Å². The maximum absolute atomic E-state index is 14.8. The molecule has 0 N–H and O–H groups in total. The average Bonchev–Trinajstić information content (AvgIpc) is 3.49. The highest BCUT2D eigenvalue weighted by Crippen LogP contribution is 2.52. The number of rotatable bonds is 22. The van der Waals surface area contributed by atoms with Gasteiger partial charge in [0.15, 0.2) is 0 Å². The van der Waals surface area contributed by atoms with Crippen LogP contribution in [0.4, 0.5) is 0 Å². The van der Waals surface area contributed by atoms with Crippen molar-refractivity contribution in [1.29, 1.82) is 0 Å². The van der Waals surface area contributed by atoms with Crippen LogP contribution in [0.5, 0.6) is 0 Å². The summed E-state index contributed by atoms with van der Waals surface area (Å²) in [7, 11) is 0. The van der Waals surface area contributed by atoms with Crippen molar-refractivity contribution in [3.05, 3.63) is 119 Å². The first kappa shape index (κ1) is 48.7. The highest BCUT2D eigenvalue weighted by atomic mass is 16.2. The van der Waals surface area contributed by atoms with Gasteiger partial charge in [-0.2, -0.15) is 0 Å². The van der Waals surface area contributed by atoms with Gasteiger partial charge in [0.25, 0.3) is 23.6 Å². The number of carbonyl (C=O) groups is 4. The minimum atomic E-state index is -0.147. The molecule has 6 nitrogen and oxygen atoms in total. The van der Waals surface area contributed by atoms with E-state index in [9.17, 15) is 19.2 Å². The van der Waals surface area contributed by atoms with Gasteiger partial charge >= 0.3 is 0 Å². The number of amides is 4. The van der Waals surface area contributed by atoms with Gasteiger partial charge in [-0.3, -0.25) is 29.0 Å². The Labute approximate surface area is 445 Å². The lowest BCUT2D eigenvalue weighted by atomic mass is 9.80. The summed E-state index contributed by atoms with van der Waals surface area (Å²) >= 11 is 0. The Morgan fingerprint density at radius 1 is 0.250 bits per heavy atom. The number of hydrogen-bond donors (Lipinski definition) is 0. The van der Waals surface area contributed by atoms with Crippen molar-refractivity contribution in [3.63, 3.8) is 0 Å². The third-order valence-corrected chi connectivity index (χ3v) is 18.5. The standard InChI is InChI=1S/C70H70N2O4/c1-5-9-13-17-21-41(22-18-14-10-6-2)71-67(73)55-37-33-51-47-29-25-43-45-27-31-49-53-35-39-57-66-58(70(76)72(69(57)75)42(23-19-15-11-7-3)24-20-16-12-8-4)40-36-54(64(53)66)50-32-28-46(60(45)62(49)50)44-26-30-48(61(47)59(43)44)52-34-38-56(68(71)74)65(55)63(51)52/h25-42H,5-24H2,1-4H3. The van der Waals surface area contributed by atoms with E-state index in [2.05, 4.69) is 100 Å². The Bertz CT molecular complexity index is 3620. The van der Waals surface area contributed by atoms with Crippen molar-refractivity contribution < 1.29 is 19.2 Å². The molecule has 384 valence electrons. The molecule has 11 aromatic rings. The molecule has 76 heavy (non-hydrogen) atoms. The maximum Gasteiger partial charge on any atom is 0.261 e. The second-order valence-corrected chi connectivity index (χ2v) is 23.0. The predicted octanol–water partition coefficient (Wildman–Crippen LogP) is 19.3. The fraction of sp³-hybridized carbons (Fsp3) is 0.371. The molecular formula is C70H70N2O4. The van der Waals surface area contributed by atoms with Crippen molar-refractivity contribution in [1.82, 2.24) is 9.80 Å². The number of fused-ring (bicyclic) bond motifs is 6. The maximum atomic E-state index is 14.8. The zero-order valence-electron chi connectivity index (χ0n) is 45.1. The van der Waals surface area contributed by atoms with Crippen molar-refractivity contribution >= 4 is 131 Å². The summed E-state index contributed by atoms with van der Waals surface area (Å²) in [6.07, 6.45) is 21.2. The van der Waals surface area contributed by atoms with E-state index in [4.69, 9.17) is 0 Å². The van der Waals surface area contributed by atoms with E-state index in [0.717, 1.165) is 167 Å². The van der Waals surface area contributed by atoms with Gasteiger partial charge in [-0.05, 0) is 147 Å². The third kappa shape index (κ3) is 7.24. The molecule has 0 atom stereocenters. The van der Waals surface area contributed by atoms with Gasteiger partial charge in [0, 0.05) is 45.1 Å². The molecule has 0 aromatic heterocycles. The second-order valence-electron chi connectivity index (χ2n) is 23.0. The monoisotopic (exact) mass is 1000 g/mol. The highest BCUT2D eigenvalue weighted by molar-refractivity contribution is 6.47. The third-order valence-electron chi connectivity index (χ3n) is 18.5. The molecule has 0 saturated heterocycles. The molecule has 0 saturated carbocycles. The minimum absolute atomic E-state index is 0.103. The van der Waals surface area contributed by atoms with E-state index in [1.165, 1.54) is 68.8 Å². The molecule has 4 amide bonds. The van der Waals surface area contributed by atoms with Gasteiger partial charge in [0.1, 0.15) is 0 Å². The molecular weight excluding hydrogens is 933 g/mol. The zero-order chi connectivity index (χ0) is 51.9. The molecule has 0 radical (unpaired) electrons. The SMILES string of the molecule is CCCCCCC(CCCCCC)N1C(=O)c2ccc3c4ccc5c6ccc7c8ccc9c%10c(ccc(c%11ccc(c%12ccc(c%13ccc(c2c3%13)C1=O)c4c5%12)c6c7%11)c%108)C(=O)N(C(CCCCCC)CCCCCC)C9=O. The predicted molar refractivity (Wildman–Crippen MR) is 319 cm³/mol. The summed E-state index contributed by atoms with van der Waals surface area (Å²) in [5.41, 5.74) is 2.56. The number of imide groups is 2. The second kappa shape index (κ2) is 19.6. The van der Waals surface area contributed by atoms with E-state index in [0.29, 0.717) is 22.3 Å². The summed E-state index contributed by atoms with van der Waals surface area (Å²) in [4.78, 5) is 62.5. The van der Waals surface area contributed by atoms with Gasteiger partial charge in [-0.25, -0.2) is 0 Å². The van der Waals surface area contributed by atoms with Crippen molar-refractivity contribution in [2.24, 2.45) is 0 Å². The van der Waals surface area contributed by atoms with Crippen LogP contribution in [0.1, 0.15) is 198 Å². The van der Waals surface area contributed by atoms with Gasteiger partial charge < -0.3 is 0 Å². The van der Waals surface area contributed by atoms with Crippen LogP contribution in [0.25, 0.3) is 108 Å². The van der Waals surface area contributed by atoms with Crippen LogP contribution in [0.3, 0.4) is 0 Å². The lowest BCUT2D eigenvalue weighted by molar-refractivity contribution is 0.0501. The molecule has 0 spiro atoms. The number of hydrogen-bond acceptors (Lipinski definition) is 4. The smallest absolute Gasteiger partial charge is 0.261 e. The van der Waals surface area contributed by atoms with Gasteiger partial charge in [-0.1, -0.05) is 203 Å².